The van der Waals surface area contributed by atoms with Crippen LogP contribution >= 0.6 is 0 Å². The molecular weight excluding hydrogens is 242 g/mol. The van der Waals surface area contributed by atoms with E-state index >= 15 is 0 Å². The summed E-state index contributed by atoms with van der Waals surface area (Å²) in [5.41, 5.74) is 0. The zero-order valence-corrected chi connectivity index (χ0v) is 9.99. The van der Waals surface area contributed by atoms with Crippen molar-refractivity contribution >= 4 is 11.9 Å². The van der Waals surface area contributed by atoms with E-state index < -0.39 is 17.9 Å². The molecule has 2 atom stereocenters. The normalized spacial score (nSPS) is 23.3. The van der Waals surface area contributed by atoms with Gasteiger partial charge in [0.25, 0.3) is 11.7 Å². The highest BCUT2D eigenvalue weighted by atomic mass is 16.5. The number of likely N-dealkylation sites (tertiary alicyclic amines) is 1. The van der Waals surface area contributed by atoms with E-state index in [9.17, 15) is 9.59 Å². The highest BCUT2D eigenvalue weighted by Crippen LogP contribution is 2.21. The maximum Gasteiger partial charge on any atom is 0.326 e. The predicted molar refractivity (Wildman–Crippen MR) is 56.9 cm³/mol. The van der Waals surface area contributed by atoms with Crippen LogP contribution in [-0.2, 0) is 9.53 Å². The van der Waals surface area contributed by atoms with Crippen molar-refractivity contribution in [1.82, 2.24) is 15.0 Å². The average Bonchev–Trinajstić information content (AvgIpc) is 2.93. The molecule has 2 heterocycles. The van der Waals surface area contributed by atoms with Gasteiger partial charge in [-0.2, -0.15) is 4.98 Å². The molecule has 0 aliphatic carbocycles. The van der Waals surface area contributed by atoms with E-state index in [4.69, 9.17) is 14.4 Å². The predicted octanol–water partition coefficient (Wildman–Crippen LogP) is -0.308. The van der Waals surface area contributed by atoms with Crippen LogP contribution in [0.5, 0.6) is 0 Å². The van der Waals surface area contributed by atoms with Gasteiger partial charge in [0, 0.05) is 27.0 Å². The van der Waals surface area contributed by atoms with Crippen molar-refractivity contribution < 1.29 is 24.0 Å². The Bertz CT molecular complexity index is 472. The van der Waals surface area contributed by atoms with E-state index in [1.165, 1.54) is 12.0 Å². The second-order valence-electron chi connectivity index (χ2n) is 4.04. The van der Waals surface area contributed by atoms with Crippen LogP contribution in [0.3, 0.4) is 0 Å². The lowest BCUT2D eigenvalue weighted by molar-refractivity contribution is -0.141. The average molecular weight is 255 g/mol. The molecule has 1 aliphatic rings. The highest BCUT2D eigenvalue weighted by Gasteiger charge is 2.41. The van der Waals surface area contributed by atoms with E-state index in [0.29, 0.717) is 0 Å². The number of rotatable bonds is 3. The smallest absolute Gasteiger partial charge is 0.326 e. The van der Waals surface area contributed by atoms with Crippen LogP contribution in [0.15, 0.2) is 4.52 Å². The summed E-state index contributed by atoms with van der Waals surface area (Å²) >= 11 is 0. The maximum absolute atomic E-state index is 12.1. The molecule has 8 heteroatoms. The fraction of sp³-hybridized carbons (Fsp3) is 0.600. The summed E-state index contributed by atoms with van der Waals surface area (Å²) in [6.45, 7) is 1.76. The van der Waals surface area contributed by atoms with Gasteiger partial charge in [-0.1, -0.05) is 5.16 Å². The Morgan fingerprint density at radius 1 is 1.56 bits per heavy atom. The quantitative estimate of drug-likeness (QED) is 0.789. The molecule has 1 aromatic heterocycles. The van der Waals surface area contributed by atoms with Crippen molar-refractivity contribution in [2.24, 2.45) is 0 Å². The minimum atomic E-state index is -1.07. The zero-order chi connectivity index (χ0) is 13.3. The molecule has 1 saturated heterocycles. The first-order valence-electron chi connectivity index (χ1n) is 5.39. The number of aryl methyl sites for hydroxylation is 1. The van der Waals surface area contributed by atoms with Gasteiger partial charge >= 0.3 is 5.97 Å². The summed E-state index contributed by atoms with van der Waals surface area (Å²) in [6, 6.07) is -0.916. The van der Waals surface area contributed by atoms with Crippen LogP contribution in [-0.4, -0.2) is 57.8 Å². The first-order valence-corrected chi connectivity index (χ1v) is 5.39. The molecule has 2 rings (SSSR count). The summed E-state index contributed by atoms with van der Waals surface area (Å²) in [5, 5.41) is 12.6. The number of aliphatic carboxylic acids is 1. The number of carbonyl (C=O) groups is 2. The Morgan fingerprint density at radius 2 is 2.28 bits per heavy atom. The van der Waals surface area contributed by atoms with E-state index in [1.54, 1.807) is 6.92 Å². The molecule has 0 spiro atoms. The van der Waals surface area contributed by atoms with Gasteiger partial charge in [-0.3, -0.25) is 4.79 Å². The molecular formula is C10H13N3O5. The Balaban J connectivity index is 2.20. The number of ether oxygens (including phenoxy) is 1. The highest BCUT2D eigenvalue weighted by molar-refractivity contribution is 5.93. The lowest BCUT2D eigenvalue weighted by atomic mass is 10.2. The van der Waals surface area contributed by atoms with E-state index in [-0.39, 0.29) is 30.8 Å². The molecule has 2 unspecified atom stereocenters. The molecule has 1 amide bonds. The monoisotopic (exact) mass is 255 g/mol. The molecule has 0 radical (unpaired) electrons. The largest absolute Gasteiger partial charge is 0.480 e. The molecule has 1 aliphatic heterocycles. The molecule has 98 valence electrons. The summed E-state index contributed by atoms with van der Waals surface area (Å²) in [7, 11) is 1.48. The third kappa shape index (κ3) is 2.19. The number of carboxylic acid groups (broad SMARTS) is 1. The van der Waals surface area contributed by atoms with Crippen LogP contribution in [0.2, 0.25) is 0 Å². The molecule has 18 heavy (non-hydrogen) atoms. The van der Waals surface area contributed by atoms with Crippen molar-refractivity contribution in [2.45, 2.75) is 25.5 Å². The molecule has 8 nitrogen and oxygen atoms in total. The molecule has 0 aromatic carbocycles. The summed E-state index contributed by atoms with van der Waals surface area (Å²) < 4.78 is 9.80. The van der Waals surface area contributed by atoms with Gasteiger partial charge in [-0.25, -0.2) is 4.79 Å². The zero-order valence-electron chi connectivity index (χ0n) is 9.99. The Kier molecular flexibility index (Phi) is 3.28. The molecule has 1 aromatic rings. The number of hydrogen-bond acceptors (Lipinski definition) is 6. The lowest BCUT2D eigenvalue weighted by Gasteiger charge is -2.18. The molecule has 1 N–H and O–H groups in total. The van der Waals surface area contributed by atoms with Gasteiger partial charge in [-0.05, 0) is 0 Å². The minimum Gasteiger partial charge on any atom is -0.480 e. The van der Waals surface area contributed by atoms with Gasteiger partial charge in [-0.15, -0.1) is 0 Å². The van der Waals surface area contributed by atoms with Crippen molar-refractivity contribution in [3.8, 4) is 0 Å². The topological polar surface area (TPSA) is 106 Å². The van der Waals surface area contributed by atoms with Crippen molar-refractivity contribution in [1.29, 1.82) is 0 Å². The van der Waals surface area contributed by atoms with Crippen LogP contribution in [0.25, 0.3) is 0 Å². The van der Waals surface area contributed by atoms with Gasteiger partial charge in [0.2, 0.25) is 5.89 Å². The number of amides is 1. The Labute approximate surface area is 103 Å². The van der Waals surface area contributed by atoms with E-state index in [2.05, 4.69) is 10.1 Å². The number of carboxylic acids is 1. The number of methoxy groups -OCH3 is 1. The second-order valence-corrected chi connectivity index (χ2v) is 4.04. The number of hydrogen-bond donors (Lipinski definition) is 1. The van der Waals surface area contributed by atoms with Crippen molar-refractivity contribution in [2.75, 3.05) is 13.7 Å². The minimum absolute atomic E-state index is 0.129. The van der Waals surface area contributed by atoms with Crippen LogP contribution in [0, 0.1) is 6.92 Å². The van der Waals surface area contributed by atoms with Crippen molar-refractivity contribution in [3.63, 3.8) is 0 Å². The third-order valence-corrected chi connectivity index (χ3v) is 2.86. The van der Waals surface area contributed by atoms with Crippen LogP contribution < -0.4 is 0 Å². The third-order valence-electron chi connectivity index (χ3n) is 2.86. The first kappa shape index (κ1) is 12.5. The number of carbonyl (C=O) groups excluding carboxylic acids is 1. The second kappa shape index (κ2) is 4.73. The van der Waals surface area contributed by atoms with Crippen molar-refractivity contribution in [3.05, 3.63) is 11.7 Å². The lowest BCUT2D eigenvalue weighted by Crippen LogP contribution is -2.41. The standard InChI is InChI=1S/C10H13N3O5/c1-5-11-8(12-18-5)9(14)13-4-6(17-2)3-7(13)10(15)16/h6-7H,3-4H2,1-2H3,(H,15,16). The fourth-order valence-electron chi connectivity index (χ4n) is 1.94. The summed E-state index contributed by atoms with van der Waals surface area (Å²) in [5.74, 6) is -1.50. The fourth-order valence-corrected chi connectivity index (χ4v) is 1.94. The number of aromatic nitrogens is 2. The van der Waals surface area contributed by atoms with E-state index in [0.717, 1.165) is 0 Å². The Hall–Kier alpha value is -1.96. The summed E-state index contributed by atoms with van der Waals surface area (Å²) in [4.78, 5) is 28.2. The van der Waals surface area contributed by atoms with Gasteiger partial charge in [0.1, 0.15) is 6.04 Å². The van der Waals surface area contributed by atoms with Gasteiger partial charge in [0.15, 0.2) is 0 Å². The van der Waals surface area contributed by atoms with E-state index in [1.807, 2.05) is 0 Å². The van der Waals surface area contributed by atoms with Gasteiger partial charge in [0.05, 0.1) is 6.10 Å². The molecule has 0 bridgehead atoms. The first-order chi connectivity index (χ1) is 8.52. The number of nitrogens with zero attached hydrogens (tertiary/aromatic N) is 3. The summed E-state index contributed by atoms with van der Waals surface area (Å²) in [6.07, 6.45) is -0.0305. The molecule has 0 saturated carbocycles. The maximum atomic E-state index is 12.1. The van der Waals surface area contributed by atoms with Gasteiger partial charge < -0.3 is 19.3 Å². The Morgan fingerprint density at radius 3 is 2.78 bits per heavy atom. The van der Waals surface area contributed by atoms with Crippen LogP contribution in [0.4, 0.5) is 0 Å². The SMILES string of the molecule is COC1CC(C(=O)O)N(C(=O)c2noc(C)n2)C1. The molecule has 1 fully saturated rings. The van der Waals surface area contributed by atoms with Crippen LogP contribution in [0.1, 0.15) is 22.9 Å².